The molecule has 1 amide bonds. The average molecular weight is 405 g/mol. The Balaban J connectivity index is 1.85. The number of thiazole rings is 1. The number of rotatable bonds is 6. The monoisotopic (exact) mass is 404 g/mol. The molecular weight excluding hydrogens is 384 g/mol. The van der Waals surface area contributed by atoms with E-state index in [9.17, 15) is 13.2 Å². The van der Waals surface area contributed by atoms with Gasteiger partial charge in [0.05, 0.1) is 23.1 Å². The highest BCUT2D eigenvalue weighted by molar-refractivity contribution is 7.93. The summed E-state index contributed by atoms with van der Waals surface area (Å²) >= 11 is 1.12. The van der Waals surface area contributed by atoms with E-state index in [2.05, 4.69) is 10.3 Å². The van der Waals surface area contributed by atoms with Gasteiger partial charge >= 0.3 is 0 Å². The van der Waals surface area contributed by atoms with Crippen LogP contribution in [0.1, 0.15) is 24.2 Å². The van der Waals surface area contributed by atoms with Gasteiger partial charge in [-0.2, -0.15) is 0 Å². The Morgan fingerprint density at radius 1 is 1.22 bits per heavy atom. The van der Waals surface area contributed by atoms with Crippen LogP contribution >= 0.6 is 11.3 Å². The van der Waals surface area contributed by atoms with E-state index >= 15 is 0 Å². The van der Waals surface area contributed by atoms with Crippen LogP contribution < -0.4 is 10.1 Å². The second-order valence-electron chi connectivity index (χ2n) is 6.52. The zero-order valence-corrected chi connectivity index (χ0v) is 16.9. The summed E-state index contributed by atoms with van der Waals surface area (Å²) in [6.07, 6.45) is 0. The van der Waals surface area contributed by atoms with Crippen molar-refractivity contribution in [2.45, 2.75) is 18.2 Å². The predicted molar refractivity (Wildman–Crippen MR) is 107 cm³/mol. The Morgan fingerprint density at radius 2 is 2.00 bits per heavy atom. The SMILES string of the molecule is COc1cccc(C(=O)Nc2ccc3nc(S(=O)(=O)CC(C)C)sc3c2)c1. The molecular formula is C19H20N2O4S2. The van der Waals surface area contributed by atoms with Crippen LogP contribution in [0.5, 0.6) is 5.75 Å². The molecule has 0 radical (unpaired) electrons. The summed E-state index contributed by atoms with van der Waals surface area (Å²) in [5, 5.41) is 2.82. The van der Waals surface area contributed by atoms with Crippen molar-refractivity contribution in [1.29, 1.82) is 0 Å². The number of sulfone groups is 1. The smallest absolute Gasteiger partial charge is 0.255 e. The molecule has 0 saturated heterocycles. The van der Waals surface area contributed by atoms with Crippen molar-refractivity contribution < 1.29 is 17.9 Å². The van der Waals surface area contributed by atoms with Gasteiger partial charge in [0, 0.05) is 11.3 Å². The fourth-order valence-corrected chi connectivity index (χ4v) is 5.57. The van der Waals surface area contributed by atoms with E-state index in [0.29, 0.717) is 27.2 Å². The van der Waals surface area contributed by atoms with E-state index in [-0.39, 0.29) is 21.9 Å². The summed E-state index contributed by atoms with van der Waals surface area (Å²) in [7, 11) is -1.86. The molecule has 8 heteroatoms. The number of carbonyl (C=O) groups is 1. The number of nitrogens with zero attached hydrogens (tertiary/aromatic N) is 1. The number of anilines is 1. The first-order valence-electron chi connectivity index (χ1n) is 8.37. The van der Waals surface area contributed by atoms with Crippen molar-refractivity contribution >= 4 is 43.0 Å². The van der Waals surface area contributed by atoms with Crippen molar-refractivity contribution in [2.75, 3.05) is 18.2 Å². The van der Waals surface area contributed by atoms with Crippen molar-refractivity contribution in [2.24, 2.45) is 5.92 Å². The van der Waals surface area contributed by atoms with Crippen LogP contribution in [-0.2, 0) is 9.84 Å². The Kier molecular flexibility index (Phi) is 5.48. The molecule has 0 unspecified atom stereocenters. The minimum absolute atomic E-state index is 0.0275. The summed E-state index contributed by atoms with van der Waals surface area (Å²) in [5.74, 6) is 0.414. The lowest BCUT2D eigenvalue weighted by Gasteiger charge is -2.06. The first-order chi connectivity index (χ1) is 12.8. The molecule has 6 nitrogen and oxygen atoms in total. The fourth-order valence-electron chi connectivity index (χ4n) is 2.59. The van der Waals surface area contributed by atoms with E-state index in [1.807, 2.05) is 13.8 Å². The molecule has 1 heterocycles. The molecule has 0 bridgehead atoms. The van der Waals surface area contributed by atoms with Crippen LogP contribution in [0.25, 0.3) is 10.2 Å². The minimum atomic E-state index is -3.40. The molecule has 1 N–H and O–H groups in total. The van der Waals surface area contributed by atoms with Crippen molar-refractivity contribution in [3.8, 4) is 5.75 Å². The van der Waals surface area contributed by atoms with E-state index in [1.165, 1.54) is 0 Å². The lowest BCUT2D eigenvalue weighted by atomic mass is 10.2. The number of hydrogen-bond donors (Lipinski definition) is 1. The van der Waals surface area contributed by atoms with Crippen LogP contribution in [0, 0.1) is 5.92 Å². The van der Waals surface area contributed by atoms with Gasteiger partial charge in [0.1, 0.15) is 5.75 Å². The van der Waals surface area contributed by atoms with E-state index in [0.717, 1.165) is 11.3 Å². The maximum Gasteiger partial charge on any atom is 0.255 e. The van der Waals surface area contributed by atoms with Gasteiger partial charge < -0.3 is 10.1 Å². The lowest BCUT2D eigenvalue weighted by Crippen LogP contribution is -2.11. The molecule has 3 rings (SSSR count). The average Bonchev–Trinajstić information content (AvgIpc) is 3.05. The molecule has 142 valence electrons. The molecule has 27 heavy (non-hydrogen) atoms. The summed E-state index contributed by atoms with van der Waals surface area (Å²) in [5.41, 5.74) is 1.65. The van der Waals surface area contributed by atoms with Crippen molar-refractivity contribution in [3.63, 3.8) is 0 Å². The number of carbonyl (C=O) groups excluding carboxylic acids is 1. The molecule has 0 atom stereocenters. The number of nitrogens with one attached hydrogen (secondary N) is 1. The van der Waals surface area contributed by atoms with Gasteiger partial charge in [-0.3, -0.25) is 4.79 Å². The van der Waals surface area contributed by atoms with Gasteiger partial charge in [-0.1, -0.05) is 19.9 Å². The zero-order valence-electron chi connectivity index (χ0n) is 15.2. The van der Waals surface area contributed by atoms with Gasteiger partial charge in [-0.15, -0.1) is 11.3 Å². The van der Waals surface area contributed by atoms with Crippen LogP contribution in [-0.4, -0.2) is 32.2 Å². The molecule has 0 aliphatic heterocycles. The topological polar surface area (TPSA) is 85.4 Å². The largest absolute Gasteiger partial charge is 0.497 e. The van der Waals surface area contributed by atoms with Gasteiger partial charge in [0.15, 0.2) is 0 Å². The van der Waals surface area contributed by atoms with Crippen LogP contribution in [0.3, 0.4) is 0 Å². The number of ether oxygens (including phenoxy) is 1. The molecule has 0 spiro atoms. The van der Waals surface area contributed by atoms with E-state index < -0.39 is 9.84 Å². The van der Waals surface area contributed by atoms with Crippen LogP contribution in [0.2, 0.25) is 0 Å². The fraction of sp³-hybridized carbons (Fsp3) is 0.263. The minimum Gasteiger partial charge on any atom is -0.497 e. The van der Waals surface area contributed by atoms with Crippen molar-refractivity contribution in [1.82, 2.24) is 4.98 Å². The van der Waals surface area contributed by atoms with Gasteiger partial charge in [-0.05, 0) is 42.3 Å². The van der Waals surface area contributed by atoms with Gasteiger partial charge in [0.2, 0.25) is 14.2 Å². The number of methoxy groups -OCH3 is 1. The summed E-state index contributed by atoms with van der Waals surface area (Å²) < 4.78 is 30.7. The molecule has 0 fully saturated rings. The molecule has 2 aromatic carbocycles. The third-order valence-electron chi connectivity index (χ3n) is 3.78. The second-order valence-corrected chi connectivity index (χ2v) is 9.76. The quantitative estimate of drug-likeness (QED) is 0.671. The first kappa shape index (κ1) is 19.3. The number of aromatic nitrogens is 1. The summed E-state index contributed by atoms with van der Waals surface area (Å²) in [4.78, 5) is 16.7. The Hall–Kier alpha value is -2.45. The highest BCUT2D eigenvalue weighted by Gasteiger charge is 2.21. The highest BCUT2D eigenvalue weighted by atomic mass is 32.2. The molecule has 3 aromatic rings. The number of amides is 1. The molecule has 0 aliphatic carbocycles. The maximum atomic E-state index is 12.4. The van der Waals surface area contributed by atoms with Crippen LogP contribution in [0.15, 0.2) is 46.8 Å². The van der Waals surface area contributed by atoms with E-state index in [4.69, 9.17) is 4.74 Å². The zero-order chi connectivity index (χ0) is 19.6. The predicted octanol–water partition coefficient (Wildman–Crippen LogP) is 3.99. The lowest BCUT2D eigenvalue weighted by molar-refractivity contribution is 0.102. The number of benzene rings is 2. The molecule has 1 aromatic heterocycles. The normalized spacial score (nSPS) is 11.7. The van der Waals surface area contributed by atoms with Gasteiger partial charge in [-0.25, -0.2) is 13.4 Å². The first-order valence-corrected chi connectivity index (χ1v) is 10.8. The highest BCUT2D eigenvalue weighted by Crippen LogP contribution is 2.29. The number of hydrogen-bond acceptors (Lipinski definition) is 6. The van der Waals surface area contributed by atoms with E-state index in [1.54, 1.807) is 49.6 Å². The Bertz CT molecular complexity index is 1090. The maximum absolute atomic E-state index is 12.4. The van der Waals surface area contributed by atoms with Crippen LogP contribution in [0.4, 0.5) is 5.69 Å². The molecule has 0 aliphatic rings. The Morgan fingerprint density at radius 3 is 2.70 bits per heavy atom. The third-order valence-corrected chi connectivity index (χ3v) is 7.33. The summed E-state index contributed by atoms with van der Waals surface area (Å²) in [6, 6.07) is 12.0. The third kappa shape index (κ3) is 4.45. The van der Waals surface area contributed by atoms with Gasteiger partial charge in [0.25, 0.3) is 5.91 Å². The van der Waals surface area contributed by atoms with Crippen molar-refractivity contribution in [3.05, 3.63) is 48.0 Å². The standard InChI is InChI=1S/C19H20N2O4S2/c1-12(2)11-27(23,24)19-21-16-8-7-14(10-17(16)26-19)20-18(22)13-5-4-6-15(9-13)25-3/h4-10,12H,11H2,1-3H3,(H,20,22). The molecule has 0 saturated carbocycles. The number of fused-ring (bicyclic) bond motifs is 1. The Labute approximate surface area is 162 Å². The second kappa shape index (κ2) is 7.66. The summed E-state index contributed by atoms with van der Waals surface area (Å²) in [6.45, 7) is 3.72.